The van der Waals surface area contributed by atoms with E-state index in [0.717, 1.165) is 29.9 Å². The normalized spacial score (nSPS) is 11.6. The molecule has 0 spiro atoms. The Bertz CT molecular complexity index is 493. The number of ether oxygens (including phenoxy) is 1. The fourth-order valence-corrected chi connectivity index (χ4v) is 1.80. The largest absolute Gasteiger partial charge is 0.443 e. The summed E-state index contributed by atoms with van der Waals surface area (Å²) in [5, 5.41) is 0. The second-order valence-electron chi connectivity index (χ2n) is 6.48. The van der Waals surface area contributed by atoms with Crippen LogP contribution >= 0.6 is 0 Å². The molecule has 118 valence electrons. The first-order valence-electron chi connectivity index (χ1n) is 7.10. The van der Waals surface area contributed by atoms with E-state index in [0.29, 0.717) is 0 Å². The number of nitrogen functional groups attached to an aromatic ring is 1. The fraction of sp³-hybridized carbons (Fsp3) is 0.562. The van der Waals surface area contributed by atoms with Crippen molar-refractivity contribution in [2.75, 3.05) is 38.3 Å². The number of carbonyl (C=O) groups excluding carboxylic acids is 1. The second-order valence-corrected chi connectivity index (χ2v) is 6.48. The third kappa shape index (κ3) is 5.63. The van der Waals surface area contributed by atoms with Crippen LogP contribution in [-0.4, -0.2) is 44.3 Å². The van der Waals surface area contributed by atoms with Crippen LogP contribution in [0, 0.1) is 0 Å². The van der Waals surface area contributed by atoms with Gasteiger partial charge in [-0.15, -0.1) is 0 Å². The lowest BCUT2D eigenvalue weighted by Gasteiger charge is -2.25. The second kappa shape index (κ2) is 6.80. The first-order valence-corrected chi connectivity index (χ1v) is 7.10. The van der Waals surface area contributed by atoms with E-state index in [2.05, 4.69) is 4.90 Å². The Morgan fingerprint density at radius 3 is 2.38 bits per heavy atom. The maximum Gasteiger partial charge on any atom is 0.414 e. The van der Waals surface area contributed by atoms with Crippen molar-refractivity contribution in [2.24, 2.45) is 0 Å². The van der Waals surface area contributed by atoms with E-state index in [9.17, 15) is 4.79 Å². The molecule has 0 heterocycles. The minimum absolute atomic E-state index is 0.370. The average molecular weight is 293 g/mol. The summed E-state index contributed by atoms with van der Waals surface area (Å²) in [6.45, 7) is 6.46. The molecule has 0 aromatic heterocycles. The molecule has 21 heavy (non-hydrogen) atoms. The first kappa shape index (κ1) is 17.3. The van der Waals surface area contributed by atoms with Gasteiger partial charge in [0.1, 0.15) is 5.60 Å². The number of likely N-dealkylation sites (N-methyl/N-ethyl adjacent to an activating group) is 1. The van der Waals surface area contributed by atoms with Crippen molar-refractivity contribution >= 4 is 17.5 Å². The summed E-state index contributed by atoms with van der Waals surface area (Å²) in [6.07, 6.45) is 0.472. The Labute approximate surface area is 127 Å². The number of hydrogen-bond acceptors (Lipinski definition) is 4. The van der Waals surface area contributed by atoms with Crippen LogP contribution in [0.3, 0.4) is 0 Å². The quantitative estimate of drug-likeness (QED) is 0.867. The highest BCUT2D eigenvalue weighted by molar-refractivity contribution is 5.87. The van der Waals surface area contributed by atoms with Crippen LogP contribution in [0.15, 0.2) is 18.2 Å². The van der Waals surface area contributed by atoms with Gasteiger partial charge >= 0.3 is 6.09 Å². The summed E-state index contributed by atoms with van der Waals surface area (Å²) < 4.78 is 5.37. The molecule has 1 aromatic rings. The highest BCUT2D eigenvalue weighted by Gasteiger charge is 2.20. The lowest BCUT2D eigenvalue weighted by atomic mass is 10.1. The van der Waals surface area contributed by atoms with Gasteiger partial charge in [-0.25, -0.2) is 4.79 Å². The maximum absolute atomic E-state index is 12.1. The smallest absolute Gasteiger partial charge is 0.414 e. The van der Waals surface area contributed by atoms with Crippen molar-refractivity contribution in [1.82, 2.24) is 4.90 Å². The number of benzene rings is 1. The van der Waals surface area contributed by atoms with Crippen LogP contribution in [0.25, 0.3) is 0 Å². The number of rotatable bonds is 4. The van der Waals surface area contributed by atoms with Gasteiger partial charge in [-0.05, 0) is 65.0 Å². The summed E-state index contributed by atoms with van der Waals surface area (Å²) in [4.78, 5) is 15.7. The fourth-order valence-electron chi connectivity index (χ4n) is 1.80. The topological polar surface area (TPSA) is 58.8 Å². The molecule has 5 nitrogen and oxygen atoms in total. The lowest BCUT2D eigenvalue weighted by molar-refractivity contribution is 0.0589. The van der Waals surface area contributed by atoms with Crippen molar-refractivity contribution in [1.29, 1.82) is 0 Å². The van der Waals surface area contributed by atoms with Crippen molar-refractivity contribution in [3.05, 3.63) is 23.8 Å². The monoisotopic (exact) mass is 293 g/mol. The molecule has 0 fully saturated rings. The Morgan fingerprint density at radius 1 is 1.24 bits per heavy atom. The highest BCUT2D eigenvalue weighted by Crippen LogP contribution is 2.22. The Hall–Kier alpha value is -1.75. The number of hydrogen-bond donors (Lipinski definition) is 1. The van der Waals surface area contributed by atoms with E-state index in [-0.39, 0.29) is 6.09 Å². The van der Waals surface area contributed by atoms with Crippen molar-refractivity contribution in [3.8, 4) is 0 Å². The van der Waals surface area contributed by atoms with E-state index in [1.165, 1.54) is 4.90 Å². The zero-order chi connectivity index (χ0) is 16.2. The Kier molecular flexibility index (Phi) is 5.61. The molecule has 5 heteroatoms. The van der Waals surface area contributed by atoms with E-state index in [1.807, 2.05) is 53.1 Å². The van der Waals surface area contributed by atoms with Crippen LogP contribution in [0.2, 0.25) is 0 Å². The minimum atomic E-state index is -0.507. The molecular weight excluding hydrogens is 266 g/mol. The summed E-state index contributed by atoms with van der Waals surface area (Å²) in [5.41, 5.74) is 8.06. The molecule has 0 saturated carbocycles. The number of anilines is 2. The van der Waals surface area contributed by atoms with Crippen molar-refractivity contribution in [3.63, 3.8) is 0 Å². The number of nitrogens with zero attached hydrogens (tertiary/aromatic N) is 2. The van der Waals surface area contributed by atoms with Crippen LogP contribution in [0.1, 0.15) is 26.3 Å². The molecule has 2 N–H and O–H groups in total. The Morgan fingerprint density at radius 2 is 1.86 bits per heavy atom. The molecule has 0 aliphatic heterocycles. The molecular formula is C16H27N3O2. The predicted octanol–water partition coefficient (Wildman–Crippen LogP) is 2.74. The molecule has 0 aliphatic rings. The lowest BCUT2D eigenvalue weighted by Crippen LogP contribution is -2.34. The Balaban J connectivity index is 2.87. The van der Waals surface area contributed by atoms with Gasteiger partial charge in [0.2, 0.25) is 0 Å². The molecule has 0 unspecified atom stereocenters. The molecule has 1 rings (SSSR count). The molecule has 0 radical (unpaired) electrons. The van der Waals surface area contributed by atoms with Gasteiger partial charge in [-0.1, -0.05) is 0 Å². The summed E-state index contributed by atoms with van der Waals surface area (Å²) in [6, 6.07) is 5.61. The standard InChI is InChI=1S/C16H27N3O2/c1-16(2,3)21-15(20)19(6)13-7-8-14(17)12(11-13)9-10-18(4)5/h7-8,11H,9-10,17H2,1-6H3. The van der Waals surface area contributed by atoms with E-state index < -0.39 is 5.60 Å². The summed E-state index contributed by atoms with van der Waals surface area (Å²) in [5.74, 6) is 0. The van der Waals surface area contributed by atoms with Crippen LogP contribution in [0.5, 0.6) is 0 Å². The van der Waals surface area contributed by atoms with E-state index in [4.69, 9.17) is 10.5 Å². The van der Waals surface area contributed by atoms with Gasteiger partial charge in [-0.3, -0.25) is 4.90 Å². The molecule has 0 bridgehead atoms. The van der Waals surface area contributed by atoms with Crippen LogP contribution in [0.4, 0.5) is 16.2 Å². The molecule has 0 atom stereocenters. The van der Waals surface area contributed by atoms with E-state index in [1.54, 1.807) is 7.05 Å². The van der Waals surface area contributed by atoms with Crippen molar-refractivity contribution < 1.29 is 9.53 Å². The summed E-state index contributed by atoms with van der Waals surface area (Å²) >= 11 is 0. The molecule has 0 saturated heterocycles. The molecule has 0 aliphatic carbocycles. The summed E-state index contributed by atoms with van der Waals surface area (Å²) in [7, 11) is 5.75. The predicted molar refractivity (Wildman–Crippen MR) is 87.7 cm³/mol. The average Bonchev–Trinajstić information content (AvgIpc) is 2.34. The van der Waals surface area contributed by atoms with Gasteiger partial charge < -0.3 is 15.4 Å². The SMILES string of the molecule is CN(C)CCc1cc(N(C)C(=O)OC(C)(C)C)ccc1N. The van der Waals surface area contributed by atoms with Gasteiger partial charge in [0.15, 0.2) is 0 Å². The molecule has 1 aromatic carbocycles. The number of carbonyl (C=O) groups is 1. The zero-order valence-electron chi connectivity index (χ0n) is 13.9. The first-order chi connectivity index (χ1) is 9.60. The van der Waals surface area contributed by atoms with Crippen LogP contribution in [-0.2, 0) is 11.2 Å². The molecule has 1 amide bonds. The minimum Gasteiger partial charge on any atom is -0.443 e. The zero-order valence-corrected chi connectivity index (χ0v) is 13.9. The highest BCUT2D eigenvalue weighted by atomic mass is 16.6. The van der Waals surface area contributed by atoms with E-state index >= 15 is 0 Å². The van der Waals surface area contributed by atoms with Gasteiger partial charge in [0.25, 0.3) is 0 Å². The van der Waals surface area contributed by atoms with Crippen LogP contribution < -0.4 is 10.6 Å². The van der Waals surface area contributed by atoms with Gasteiger partial charge in [0.05, 0.1) is 0 Å². The number of nitrogens with two attached hydrogens (primary N) is 1. The van der Waals surface area contributed by atoms with Crippen molar-refractivity contribution in [2.45, 2.75) is 32.8 Å². The third-order valence-electron chi connectivity index (χ3n) is 3.01. The number of amides is 1. The van der Waals surface area contributed by atoms with Gasteiger partial charge in [0, 0.05) is 25.0 Å². The third-order valence-corrected chi connectivity index (χ3v) is 3.01. The maximum atomic E-state index is 12.1. The van der Waals surface area contributed by atoms with Gasteiger partial charge in [-0.2, -0.15) is 0 Å².